The summed E-state index contributed by atoms with van der Waals surface area (Å²) in [5.74, 6) is -0.198. The number of hydrogen-bond acceptors (Lipinski definition) is 1. The molecule has 2 nitrogen and oxygen atoms in total. The Bertz CT molecular complexity index is 429. The van der Waals surface area contributed by atoms with E-state index in [1.165, 1.54) is 0 Å². The Morgan fingerprint density at radius 2 is 2.13 bits per heavy atom. The van der Waals surface area contributed by atoms with E-state index in [0.29, 0.717) is 16.3 Å². The maximum absolute atomic E-state index is 11.4. The highest BCUT2D eigenvalue weighted by Crippen LogP contribution is 2.29. The fraction of sp³-hybridized carbons (Fsp3) is 0.182. The van der Waals surface area contributed by atoms with Gasteiger partial charge >= 0.3 is 0 Å². The molecule has 1 aromatic carbocycles. The van der Waals surface area contributed by atoms with Crippen LogP contribution in [0.4, 0.5) is 5.69 Å². The Labute approximate surface area is 102 Å². The van der Waals surface area contributed by atoms with E-state index in [9.17, 15) is 4.79 Å². The van der Waals surface area contributed by atoms with Crippen LogP contribution in [0.1, 0.15) is 12.5 Å². The maximum Gasteiger partial charge on any atom is 0.250 e. The lowest BCUT2D eigenvalue weighted by Gasteiger charge is -2.09. The number of carbonyl (C=O) groups excluding carboxylic acids is 1. The van der Waals surface area contributed by atoms with Crippen LogP contribution in [0, 0.1) is 6.92 Å². The van der Waals surface area contributed by atoms with Crippen molar-refractivity contribution in [2.45, 2.75) is 13.8 Å². The largest absolute Gasteiger partial charge is 0.322 e. The van der Waals surface area contributed by atoms with E-state index >= 15 is 0 Å². The molecular formula is C11H11BrClNO. The van der Waals surface area contributed by atoms with Gasteiger partial charge < -0.3 is 5.32 Å². The van der Waals surface area contributed by atoms with Crippen molar-refractivity contribution in [3.63, 3.8) is 0 Å². The molecular weight excluding hydrogens is 277 g/mol. The minimum atomic E-state index is -0.198. The van der Waals surface area contributed by atoms with Gasteiger partial charge in [-0.05, 0) is 47.5 Å². The molecule has 0 atom stereocenters. The van der Waals surface area contributed by atoms with E-state index in [-0.39, 0.29) is 5.91 Å². The van der Waals surface area contributed by atoms with Crippen molar-refractivity contribution in [3.05, 3.63) is 39.3 Å². The second-order valence-electron chi connectivity index (χ2n) is 3.32. The van der Waals surface area contributed by atoms with Crippen molar-refractivity contribution in [1.82, 2.24) is 0 Å². The Balaban J connectivity index is 3.01. The van der Waals surface area contributed by atoms with E-state index in [2.05, 4.69) is 27.8 Å². The highest BCUT2D eigenvalue weighted by Gasteiger charge is 2.07. The zero-order chi connectivity index (χ0) is 11.6. The standard InChI is InChI=1S/C11H11BrClNO/c1-6(2)11(15)14-10-5-9(13)8(12)4-7(10)3/h4-5H,1H2,2-3H3,(H,14,15). The third-order valence-electron chi connectivity index (χ3n) is 1.90. The molecule has 0 aliphatic carbocycles. The van der Waals surface area contributed by atoms with Gasteiger partial charge in [0, 0.05) is 15.7 Å². The predicted octanol–water partition coefficient (Wildman–Crippen LogP) is 3.93. The van der Waals surface area contributed by atoms with Crippen LogP contribution >= 0.6 is 27.5 Å². The maximum atomic E-state index is 11.4. The van der Waals surface area contributed by atoms with E-state index in [4.69, 9.17) is 11.6 Å². The summed E-state index contributed by atoms with van der Waals surface area (Å²) in [4.78, 5) is 11.4. The molecule has 0 saturated heterocycles. The van der Waals surface area contributed by atoms with Gasteiger partial charge in [-0.2, -0.15) is 0 Å². The molecule has 1 rings (SSSR count). The SMILES string of the molecule is C=C(C)C(=O)Nc1cc(Cl)c(Br)cc1C. The summed E-state index contributed by atoms with van der Waals surface area (Å²) in [5, 5.41) is 3.30. The molecule has 0 fully saturated rings. The number of aryl methyl sites for hydroxylation is 1. The van der Waals surface area contributed by atoms with Crippen LogP contribution in [-0.2, 0) is 4.79 Å². The van der Waals surface area contributed by atoms with Crippen LogP contribution in [0.15, 0.2) is 28.8 Å². The topological polar surface area (TPSA) is 29.1 Å². The molecule has 1 aromatic rings. The quantitative estimate of drug-likeness (QED) is 0.821. The highest BCUT2D eigenvalue weighted by atomic mass is 79.9. The molecule has 80 valence electrons. The average Bonchev–Trinajstić information content (AvgIpc) is 2.13. The number of hydrogen-bond donors (Lipinski definition) is 1. The lowest BCUT2D eigenvalue weighted by Crippen LogP contribution is -2.12. The normalized spacial score (nSPS) is 9.87. The van der Waals surface area contributed by atoms with Crippen molar-refractivity contribution in [3.8, 4) is 0 Å². The van der Waals surface area contributed by atoms with Gasteiger partial charge in [-0.3, -0.25) is 4.79 Å². The number of anilines is 1. The van der Waals surface area contributed by atoms with Crippen LogP contribution in [0.2, 0.25) is 5.02 Å². The van der Waals surface area contributed by atoms with Gasteiger partial charge in [0.1, 0.15) is 0 Å². The minimum absolute atomic E-state index is 0.198. The van der Waals surface area contributed by atoms with Crippen molar-refractivity contribution >= 4 is 39.1 Å². The van der Waals surface area contributed by atoms with Gasteiger partial charge in [0.05, 0.1) is 5.02 Å². The Morgan fingerprint density at radius 1 is 1.53 bits per heavy atom. The van der Waals surface area contributed by atoms with Crippen molar-refractivity contribution in [1.29, 1.82) is 0 Å². The first-order valence-corrected chi connectivity index (χ1v) is 5.51. The number of nitrogens with one attached hydrogen (secondary N) is 1. The summed E-state index contributed by atoms with van der Waals surface area (Å²) in [6.45, 7) is 7.12. The second-order valence-corrected chi connectivity index (χ2v) is 4.58. The Hall–Kier alpha value is -0.800. The first kappa shape index (κ1) is 12.3. The summed E-state index contributed by atoms with van der Waals surface area (Å²) in [7, 11) is 0. The third kappa shape index (κ3) is 3.08. The number of halogens is 2. The first-order valence-electron chi connectivity index (χ1n) is 4.34. The van der Waals surface area contributed by atoms with Crippen LogP contribution in [0.3, 0.4) is 0 Å². The smallest absolute Gasteiger partial charge is 0.250 e. The monoisotopic (exact) mass is 287 g/mol. The molecule has 0 aliphatic heterocycles. The minimum Gasteiger partial charge on any atom is -0.322 e. The van der Waals surface area contributed by atoms with Gasteiger partial charge in [-0.1, -0.05) is 18.2 Å². The number of rotatable bonds is 2. The summed E-state index contributed by atoms with van der Waals surface area (Å²) in [6, 6.07) is 3.57. The van der Waals surface area contributed by atoms with Crippen LogP contribution in [-0.4, -0.2) is 5.91 Å². The molecule has 15 heavy (non-hydrogen) atoms. The highest BCUT2D eigenvalue weighted by molar-refractivity contribution is 9.10. The van der Waals surface area contributed by atoms with Crippen molar-refractivity contribution in [2.24, 2.45) is 0 Å². The van der Waals surface area contributed by atoms with Crippen LogP contribution < -0.4 is 5.32 Å². The van der Waals surface area contributed by atoms with Crippen molar-refractivity contribution in [2.75, 3.05) is 5.32 Å². The van der Waals surface area contributed by atoms with Gasteiger partial charge in [-0.25, -0.2) is 0 Å². The number of amides is 1. The van der Waals surface area contributed by atoms with Gasteiger partial charge in [0.2, 0.25) is 0 Å². The zero-order valence-corrected chi connectivity index (χ0v) is 10.9. The lowest BCUT2D eigenvalue weighted by molar-refractivity contribution is -0.112. The lowest BCUT2D eigenvalue weighted by atomic mass is 10.2. The molecule has 0 aliphatic rings. The molecule has 1 amide bonds. The fourth-order valence-electron chi connectivity index (χ4n) is 1.01. The molecule has 0 aromatic heterocycles. The second kappa shape index (κ2) is 4.81. The Morgan fingerprint density at radius 3 is 2.67 bits per heavy atom. The summed E-state index contributed by atoms with van der Waals surface area (Å²) >= 11 is 9.24. The molecule has 0 spiro atoms. The van der Waals surface area contributed by atoms with Gasteiger partial charge in [-0.15, -0.1) is 0 Å². The molecule has 0 heterocycles. The Kier molecular flexibility index (Phi) is 3.94. The summed E-state index contributed by atoms with van der Waals surface area (Å²) < 4.78 is 0.815. The zero-order valence-electron chi connectivity index (χ0n) is 8.53. The molecule has 0 saturated carbocycles. The van der Waals surface area contributed by atoms with Crippen molar-refractivity contribution < 1.29 is 4.79 Å². The molecule has 0 unspecified atom stereocenters. The number of carbonyl (C=O) groups is 1. The van der Waals surface area contributed by atoms with E-state index in [0.717, 1.165) is 10.0 Å². The van der Waals surface area contributed by atoms with Gasteiger partial charge in [0.25, 0.3) is 5.91 Å². The molecule has 0 bridgehead atoms. The number of benzene rings is 1. The molecule has 0 radical (unpaired) electrons. The molecule has 4 heteroatoms. The van der Waals surface area contributed by atoms with E-state index in [1.807, 2.05) is 13.0 Å². The predicted molar refractivity (Wildman–Crippen MR) is 67.3 cm³/mol. The summed E-state index contributed by atoms with van der Waals surface area (Å²) in [5.41, 5.74) is 2.12. The van der Waals surface area contributed by atoms with E-state index in [1.54, 1.807) is 13.0 Å². The summed E-state index contributed by atoms with van der Waals surface area (Å²) in [6.07, 6.45) is 0. The molecule has 1 N–H and O–H groups in total. The van der Waals surface area contributed by atoms with Crippen LogP contribution in [0.5, 0.6) is 0 Å². The van der Waals surface area contributed by atoms with Crippen LogP contribution in [0.25, 0.3) is 0 Å². The van der Waals surface area contributed by atoms with E-state index < -0.39 is 0 Å². The van der Waals surface area contributed by atoms with Gasteiger partial charge in [0.15, 0.2) is 0 Å². The third-order valence-corrected chi connectivity index (χ3v) is 3.10. The first-order chi connectivity index (χ1) is 6.91. The fourth-order valence-corrected chi connectivity index (χ4v) is 1.63. The average molecular weight is 289 g/mol.